The van der Waals surface area contributed by atoms with Crippen LogP contribution in [0.3, 0.4) is 0 Å². The molecule has 0 fully saturated rings. The number of ether oxygens (including phenoxy) is 2. The molecule has 0 radical (unpaired) electrons. The zero-order valence-electron chi connectivity index (χ0n) is 18.9. The number of imidazole rings is 1. The first-order valence-corrected chi connectivity index (χ1v) is 10.4. The molecule has 0 saturated carbocycles. The molecule has 33 heavy (non-hydrogen) atoms. The smallest absolute Gasteiger partial charge is 0.238 e. The maximum atomic E-state index is 13.3. The van der Waals surface area contributed by atoms with Crippen molar-refractivity contribution in [3.05, 3.63) is 77.6 Å². The van der Waals surface area contributed by atoms with Gasteiger partial charge in [0, 0.05) is 13.3 Å². The Morgan fingerprint density at radius 2 is 1.82 bits per heavy atom. The fourth-order valence-electron chi connectivity index (χ4n) is 3.48. The van der Waals surface area contributed by atoms with Crippen LogP contribution < -0.4 is 10.1 Å². The number of nitrogens with one attached hydrogen (secondary N) is 1. The summed E-state index contributed by atoms with van der Waals surface area (Å²) in [5, 5.41) is 12.1. The van der Waals surface area contributed by atoms with Gasteiger partial charge in [-0.05, 0) is 55.3 Å². The molecule has 0 amide bonds. The second-order valence-electron chi connectivity index (χ2n) is 7.61. The monoisotopic (exact) mass is 448 g/mol. The zero-order valence-corrected chi connectivity index (χ0v) is 18.9. The Kier molecular flexibility index (Phi) is 6.60. The first-order valence-electron chi connectivity index (χ1n) is 10.4. The van der Waals surface area contributed by atoms with Crippen LogP contribution in [0.2, 0.25) is 0 Å². The fraction of sp³-hybridized carbons (Fsp3) is 0.250. The van der Waals surface area contributed by atoms with Gasteiger partial charge in [-0.2, -0.15) is 0 Å². The lowest BCUT2D eigenvalue weighted by Gasteiger charge is -2.20. The summed E-state index contributed by atoms with van der Waals surface area (Å²) in [6.07, 6.45) is 3.62. The molecule has 4 rings (SSSR count). The molecule has 3 heterocycles. The lowest BCUT2D eigenvalue weighted by atomic mass is 10.1. The van der Waals surface area contributed by atoms with E-state index in [1.165, 1.54) is 12.1 Å². The van der Waals surface area contributed by atoms with E-state index in [9.17, 15) is 4.39 Å². The standard InChI is InChI=1S/C24H25FN6O2/c1-15-11-20(19-9-10-22(24(28-19)33-4)31-12-16(2)26-14-31)29-30-23(15)27-21(13-32-3)17-5-7-18(25)8-6-17/h5-12,14,21H,13H2,1-4H3,(H,27,30)/t21-/m0/s1. The van der Waals surface area contributed by atoms with Gasteiger partial charge in [0.25, 0.3) is 0 Å². The normalized spacial score (nSPS) is 11.9. The second kappa shape index (κ2) is 9.74. The van der Waals surface area contributed by atoms with Crippen molar-refractivity contribution in [2.24, 2.45) is 0 Å². The van der Waals surface area contributed by atoms with Crippen molar-refractivity contribution in [2.45, 2.75) is 19.9 Å². The van der Waals surface area contributed by atoms with E-state index in [2.05, 4.69) is 25.5 Å². The number of hydrogen-bond acceptors (Lipinski definition) is 7. The third-order valence-corrected chi connectivity index (χ3v) is 5.19. The van der Waals surface area contributed by atoms with E-state index in [1.807, 2.05) is 42.8 Å². The minimum absolute atomic E-state index is 0.203. The lowest BCUT2D eigenvalue weighted by molar-refractivity contribution is 0.186. The van der Waals surface area contributed by atoms with Crippen molar-refractivity contribution in [3.63, 3.8) is 0 Å². The predicted molar refractivity (Wildman–Crippen MR) is 123 cm³/mol. The molecule has 0 aliphatic rings. The summed E-state index contributed by atoms with van der Waals surface area (Å²) in [5.41, 5.74) is 4.72. The fourth-order valence-corrected chi connectivity index (χ4v) is 3.48. The van der Waals surface area contributed by atoms with E-state index in [0.717, 1.165) is 22.5 Å². The summed E-state index contributed by atoms with van der Waals surface area (Å²) in [5.74, 6) is 0.790. The van der Waals surface area contributed by atoms with Crippen LogP contribution in [0.25, 0.3) is 17.1 Å². The summed E-state index contributed by atoms with van der Waals surface area (Å²) < 4.78 is 26.0. The van der Waals surface area contributed by atoms with Gasteiger partial charge >= 0.3 is 0 Å². The van der Waals surface area contributed by atoms with E-state index in [0.29, 0.717) is 29.7 Å². The van der Waals surface area contributed by atoms with Crippen molar-refractivity contribution in [2.75, 3.05) is 26.1 Å². The maximum Gasteiger partial charge on any atom is 0.238 e. The van der Waals surface area contributed by atoms with Crippen LogP contribution in [0.15, 0.2) is 55.0 Å². The topological polar surface area (TPSA) is 87.0 Å². The molecule has 0 aliphatic carbocycles. The number of aryl methyl sites for hydroxylation is 2. The van der Waals surface area contributed by atoms with E-state index in [1.54, 1.807) is 32.7 Å². The average molecular weight is 449 g/mol. The SMILES string of the molecule is COC[C@H](Nc1nnc(-c2ccc(-n3cnc(C)c3)c(OC)n2)cc1C)c1ccc(F)cc1. The van der Waals surface area contributed by atoms with Crippen molar-refractivity contribution >= 4 is 5.82 Å². The van der Waals surface area contributed by atoms with Gasteiger partial charge in [0.2, 0.25) is 5.88 Å². The number of nitrogens with zero attached hydrogens (tertiary/aromatic N) is 5. The molecule has 170 valence electrons. The number of benzene rings is 1. The number of pyridine rings is 1. The average Bonchev–Trinajstić information content (AvgIpc) is 3.26. The van der Waals surface area contributed by atoms with Crippen molar-refractivity contribution < 1.29 is 13.9 Å². The summed E-state index contributed by atoms with van der Waals surface area (Å²) in [6.45, 7) is 4.25. The number of hydrogen-bond donors (Lipinski definition) is 1. The number of halogens is 1. The Morgan fingerprint density at radius 1 is 1.03 bits per heavy atom. The van der Waals surface area contributed by atoms with Crippen LogP contribution in [0, 0.1) is 19.7 Å². The highest BCUT2D eigenvalue weighted by Crippen LogP contribution is 2.27. The Labute approximate surface area is 191 Å². The Balaban J connectivity index is 1.59. The molecule has 1 N–H and O–H groups in total. The molecule has 0 saturated heterocycles. The Hall–Kier alpha value is -3.85. The van der Waals surface area contributed by atoms with Gasteiger partial charge in [0.05, 0.1) is 37.5 Å². The zero-order chi connectivity index (χ0) is 23.4. The molecule has 1 atom stereocenters. The highest BCUT2D eigenvalue weighted by molar-refractivity contribution is 5.61. The van der Waals surface area contributed by atoms with Gasteiger partial charge in [-0.15, -0.1) is 10.2 Å². The first kappa shape index (κ1) is 22.3. The molecular formula is C24H25FN6O2. The molecule has 1 aromatic carbocycles. The molecular weight excluding hydrogens is 423 g/mol. The van der Waals surface area contributed by atoms with Gasteiger partial charge in [-0.25, -0.2) is 14.4 Å². The molecule has 0 aliphatic heterocycles. The van der Waals surface area contributed by atoms with Crippen LogP contribution in [-0.2, 0) is 4.74 Å². The van der Waals surface area contributed by atoms with Crippen LogP contribution in [0.1, 0.15) is 22.9 Å². The summed E-state index contributed by atoms with van der Waals surface area (Å²) >= 11 is 0. The van der Waals surface area contributed by atoms with Crippen LogP contribution >= 0.6 is 0 Å². The third kappa shape index (κ3) is 4.98. The minimum Gasteiger partial charge on any atom is -0.479 e. The van der Waals surface area contributed by atoms with Gasteiger partial charge in [0.15, 0.2) is 5.82 Å². The second-order valence-corrected chi connectivity index (χ2v) is 7.61. The quantitative estimate of drug-likeness (QED) is 0.430. The molecule has 0 unspecified atom stereocenters. The first-order chi connectivity index (χ1) is 16.0. The molecule has 0 spiro atoms. The van der Waals surface area contributed by atoms with Gasteiger partial charge < -0.3 is 19.4 Å². The van der Waals surface area contributed by atoms with Crippen molar-refractivity contribution in [3.8, 4) is 23.0 Å². The van der Waals surface area contributed by atoms with Gasteiger partial charge in [-0.3, -0.25) is 0 Å². The largest absolute Gasteiger partial charge is 0.479 e. The van der Waals surface area contributed by atoms with E-state index in [-0.39, 0.29) is 11.9 Å². The number of aromatic nitrogens is 5. The van der Waals surface area contributed by atoms with Gasteiger partial charge in [0.1, 0.15) is 17.2 Å². The minimum atomic E-state index is -0.285. The van der Waals surface area contributed by atoms with E-state index >= 15 is 0 Å². The van der Waals surface area contributed by atoms with Gasteiger partial charge in [-0.1, -0.05) is 12.1 Å². The summed E-state index contributed by atoms with van der Waals surface area (Å²) in [4.78, 5) is 8.87. The maximum absolute atomic E-state index is 13.3. The molecule has 0 bridgehead atoms. The molecule has 9 heteroatoms. The third-order valence-electron chi connectivity index (χ3n) is 5.19. The number of rotatable bonds is 8. The predicted octanol–water partition coefficient (Wildman–Crippen LogP) is 4.29. The van der Waals surface area contributed by atoms with E-state index in [4.69, 9.17) is 9.47 Å². The summed E-state index contributed by atoms with van der Waals surface area (Å²) in [6, 6.07) is 11.8. The Bertz CT molecular complexity index is 1240. The van der Waals surface area contributed by atoms with Crippen LogP contribution in [0.5, 0.6) is 5.88 Å². The van der Waals surface area contributed by atoms with Crippen LogP contribution in [0.4, 0.5) is 10.2 Å². The molecule has 8 nitrogen and oxygen atoms in total. The molecule has 4 aromatic rings. The molecule has 3 aromatic heterocycles. The Morgan fingerprint density at radius 3 is 2.45 bits per heavy atom. The number of methoxy groups -OCH3 is 2. The van der Waals surface area contributed by atoms with Crippen molar-refractivity contribution in [1.29, 1.82) is 0 Å². The highest BCUT2D eigenvalue weighted by Gasteiger charge is 2.16. The van der Waals surface area contributed by atoms with E-state index < -0.39 is 0 Å². The summed E-state index contributed by atoms with van der Waals surface area (Å²) in [7, 11) is 3.20. The van der Waals surface area contributed by atoms with Crippen molar-refractivity contribution in [1.82, 2.24) is 24.7 Å². The highest BCUT2D eigenvalue weighted by atomic mass is 19.1. The number of anilines is 1. The van der Waals surface area contributed by atoms with Crippen LogP contribution in [-0.4, -0.2) is 45.6 Å². The lowest BCUT2D eigenvalue weighted by Crippen LogP contribution is -2.18.